The highest BCUT2D eigenvalue weighted by atomic mass is 15.3. The number of hydrogen-bond acceptors (Lipinski definition) is 6. The fraction of sp³-hybridized carbons (Fsp3) is 0.294. The van der Waals surface area contributed by atoms with Crippen LogP contribution in [0.5, 0.6) is 0 Å². The zero-order valence-corrected chi connectivity index (χ0v) is 12.8. The average Bonchev–Trinajstić information content (AvgIpc) is 2.63. The number of benzene rings is 1. The Balaban J connectivity index is 1.54. The van der Waals surface area contributed by atoms with E-state index in [4.69, 9.17) is 0 Å². The summed E-state index contributed by atoms with van der Waals surface area (Å²) in [5.41, 5.74) is 0.962. The summed E-state index contributed by atoms with van der Waals surface area (Å²) >= 11 is 0. The Morgan fingerprint density at radius 2 is 1.87 bits per heavy atom. The van der Waals surface area contributed by atoms with E-state index in [9.17, 15) is 0 Å². The summed E-state index contributed by atoms with van der Waals surface area (Å²) in [5, 5.41) is 4.63. The molecule has 6 heteroatoms. The highest BCUT2D eigenvalue weighted by Crippen LogP contribution is 2.22. The lowest BCUT2D eigenvalue weighted by atomic mass is 10.1. The summed E-state index contributed by atoms with van der Waals surface area (Å²) in [6.07, 6.45) is 7.42. The van der Waals surface area contributed by atoms with Crippen LogP contribution in [-0.2, 0) is 0 Å². The minimum absolute atomic E-state index is 0.325. The Labute approximate surface area is 134 Å². The summed E-state index contributed by atoms with van der Waals surface area (Å²) in [4.78, 5) is 19.7. The maximum atomic E-state index is 4.43. The molecule has 6 nitrogen and oxygen atoms in total. The van der Waals surface area contributed by atoms with Crippen LogP contribution in [0, 0.1) is 0 Å². The second-order valence-electron chi connectivity index (χ2n) is 5.72. The van der Waals surface area contributed by atoms with Crippen molar-refractivity contribution in [3.8, 4) is 0 Å². The van der Waals surface area contributed by atoms with Gasteiger partial charge < -0.3 is 10.2 Å². The van der Waals surface area contributed by atoms with E-state index in [1.165, 1.54) is 0 Å². The number of nitrogens with one attached hydrogen (secondary N) is 1. The topological polar surface area (TPSA) is 66.8 Å². The Hall–Kier alpha value is -2.76. The number of nitrogens with zero attached hydrogens (tertiary/aromatic N) is 5. The maximum absolute atomic E-state index is 4.43. The molecule has 0 spiro atoms. The van der Waals surface area contributed by atoms with Crippen molar-refractivity contribution in [2.45, 2.75) is 18.9 Å². The van der Waals surface area contributed by atoms with Crippen LogP contribution in [0.4, 0.5) is 11.8 Å². The molecule has 0 bridgehead atoms. The quantitative estimate of drug-likeness (QED) is 0.802. The average molecular weight is 306 g/mol. The molecular formula is C17H18N6. The normalized spacial score (nSPS) is 18.1. The van der Waals surface area contributed by atoms with Crippen LogP contribution in [0.1, 0.15) is 12.8 Å². The number of para-hydroxylation sites is 1. The van der Waals surface area contributed by atoms with Crippen molar-refractivity contribution >= 4 is 22.7 Å². The van der Waals surface area contributed by atoms with Gasteiger partial charge in [0.25, 0.3) is 0 Å². The number of piperidine rings is 1. The molecule has 0 saturated carbocycles. The number of aromatic nitrogens is 4. The third-order valence-electron chi connectivity index (χ3n) is 4.14. The fourth-order valence-corrected chi connectivity index (χ4v) is 3.04. The van der Waals surface area contributed by atoms with Gasteiger partial charge in [-0.1, -0.05) is 12.1 Å². The predicted octanol–water partition coefficient (Wildman–Crippen LogP) is 2.50. The number of hydrogen-bond donors (Lipinski definition) is 1. The van der Waals surface area contributed by atoms with Gasteiger partial charge in [0, 0.05) is 36.9 Å². The van der Waals surface area contributed by atoms with Crippen LogP contribution in [0.15, 0.2) is 49.1 Å². The van der Waals surface area contributed by atoms with Gasteiger partial charge in [0.15, 0.2) is 0 Å². The molecule has 116 valence electrons. The van der Waals surface area contributed by atoms with Gasteiger partial charge in [0.05, 0.1) is 5.52 Å². The van der Waals surface area contributed by atoms with Gasteiger partial charge in [-0.3, -0.25) is 0 Å². The molecular weight excluding hydrogens is 288 g/mol. The fourth-order valence-electron chi connectivity index (χ4n) is 3.04. The lowest BCUT2D eigenvalue weighted by Gasteiger charge is -2.33. The third-order valence-corrected chi connectivity index (χ3v) is 4.14. The molecule has 1 aliphatic heterocycles. The molecule has 1 aliphatic rings. The molecule has 1 unspecified atom stereocenters. The first-order valence-electron chi connectivity index (χ1n) is 7.88. The molecule has 0 aliphatic carbocycles. The van der Waals surface area contributed by atoms with Crippen molar-refractivity contribution in [1.82, 2.24) is 19.9 Å². The van der Waals surface area contributed by atoms with Crippen LogP contribution in [0.2, 0.25) is 0 Å². The number of rotatable bonds is 3. The first-order chi connectivity index (χ1) is 11.4. The SMILES string of the molecule is c1cnc(N2CCCC(Nc3ncnc4ccccc34)C2)nc1. The molecule has 4 rings (SSSR count). The van der Waals surface area contributed by atoms with E-state index in [1.807, 2.05) is 24.3 Å². The van der Waals surface area contributed by atoms with E-state index < -0.39 is 0 Å². The zero-order chi connectivity index (χ0) is 15.5. The highest BCUT2D eigenvalue weighted by molar-refractivity contribution is 5.88. The van der Waals surface area contributed by atoms with E-state index in [0.29, 0.717) is 6.04 Å². The smallest absolute Gasteiger partial charge is 0.225 e. The minimum Gasteiger partial charge on any atom is -0.365 e. The molecule has 2 aromatic heterocycles. The Kier molecular flexibility index (Phi) is 3.71. The second-order valence-corrected chi connectivity index (χ2v) is 5.72. The van der Waals surface area contributed by atoms with E-state index in [0.717, 1.165) is 48.6 Å². The predicted molar refractivity (Wildman–Crippen MR) is 90.4 cm³/mol. The van der Waals surface area contributed by atoms with Crippen LogP contribution in [-0.4, -0.2) is 39.1 Å². The molecule has 1 fully saturated rings. The third kappa shape index (κ3) is 2.92. The van der Waals surface area contributed by atoms with Gasteiger partial charge in [-0.2, -0.15) is 0 Å². The number of fused-ring (bicyclic) bond motifs is 1. The van der Waals surface area contributed by atoms with Crippen molar-refractivity contribution in [3.05, 3.63) is 49.1 Å². The Morgan fingerprint density at radius 1 is 1.00 bits per heavy atom. The Bertz CT molecular complexity index is 786. The van der Waals surface area contributed by atoms with E-state index in [2.05, 4.69) is 36.2 Å². The van der Waals surface area contributed by atoms with Crippen molar-refractivity contribution in [2.75, 3.05) is 23.3 Å². The first-order valence-corrected chi connectivity index (χ1v) is 7.88. The lowest BCUT2D eigenvalue weighted by molar-refractivity contribution is 0.522. The van der Waals surface area contributed by atoms with Gasteiger partial charge in [0.1, 0.15) is 12.1 Å². The minimum atomic E-state index is 0.325. The monoisotopic (exact) mass is 306 g/mol. The molecule has 1 saturated heterocycles. The molecule has 1 aromatic carbocycles. The molecule has 0 amide bonds. The lowest BCUT2D eigenvalue weighted by Crippen LogP contribution is -2.43. The van der Waals surface area contributed by atoms with E-state index in [1.54, 1.807) is 18.7 Å². The Morgan fingerprint density at radius 3 is 2.78 bits per heavy atom. The van der Waals surface area contributed by atoms with Crippen molar-refractivity contribution in [2.24, 2.45) is 0 Å². The standard InChI is InChI=1S/C17H18N6/c1-2-7-15-14(6-1)16(21-12-20-15)22-13-5-3-10-23(11-13)17-18-8-4-9-19-17/h1-2,4,6-9,12-13H,3,5,10-11H2,(H,20,21,22). The molecule has 1 atom stereocenters. The van der Waals surface area contributed by atoms with Crippen LogP contribution in [0.3, 0.4) is 0 Å². The highest BCUT2D eigenvalue weighted by Gasteiger charge is 2.22. The number of anilines is 2. The van der Waals surface area contributed by atoms with E-state index in [-0.39, 0.29) is 0 Å². The first kappa shape index (κ1) is 13.9. The van der Waals surface area contributed by atoms with Gasteiger partial charge in [0.2, 0.25) is 5.95 Å². The van der Waals surface area contributed by atoms with Gasteiger partial charge >= 0.3 is 0 Å². The van der Waals surface area contributed by atoms with Crippen molar-refractivity contribution in [3.63, 3.8) is 0 Å². The second kappa shape index (κ2) is 6.16. The summed E-state index contributed by atoms with van der Waals surface area (Å²) in [6.45, 7) is 1.87. The maximum Gasteiger partial charge on any atom is 0.225 e. The summed E-state index contributed by atoms with van der Waals surface area (Å²) in [7, 11) is 0. The van der Waals surface area contributed by atoms with Crippen molar-refractivity contribution < 1.29 is 0 Å². The van der Waals surface area contributed by atoms with E-state index >= 15 is 0 Å². The molecule has 1 N–H and O–H groups in total. The summed E-state index contributed by atoms with van der Waals surface area (Å²) in [6, 6.07) is 10.2. The summed E-state index contributed by atoms with van der Waals surface area (Å²) in [5.74, 6) is 1.70. The largest absolute Gasteiger partial charge is 0.365 e. The van der Waals surface area contributed by atoms with Gasteiger partial charge in [-0.25, -0.2) is 19.9 Å². The molecule has 3 heterocycles. The molecule has 23 heavy (non-hydrogen) atoms. The van der Waals surface area contributed by atoms with Crippen LogP contribution >= 0.6 is 0 Å². The summed E-state index contributed by atoms with van der Waals surface area (Å²) < 4.78 is 0. The zero-order valence-electron chi connectivity index (χ0n) is 12.8. The van der Waals surface area contributed by atoms with Gasteiger partial charge in [-0.05, 0) is 31.0 Å². The van der Waals surface area contributed by atoms with Crippen LogP contribution in [0.25, 0.3) is 10.9 Å². The molecule has 3 aromatic rings. The van der Waals surface area contributed by atoms with Crippen molar-refractivity contribution in [1.29, 1.82) is 0 Å². The molecule has 0 radical (unpaired) electrons. The van der Waals surface area contributed by atoms with Crippen LogP contribution < -0.4 is 10.2 Å². The van der Waals surface area contributed by atoms with Gasteiger partial charge in [-0.15, -0.1) is 0 Å².